The minimum atomic E-state index is -0.170. The zero-order chi connectivity index (χ0) is 19.4. The van der Waals surface area contributed by atoms with Crippen molar-refractivity contribution in [3.05, 3.63) is 71.1 Å². The van der Waals surface area contributed by atoms with E-state index >= 15 is 0 Å². The molecule has 0 fully saturated rings. The molecule has 1 heterocycles. The highest BCUT2D eigenvalue weighted by molar-refractivity contribution is 5.94. The van der Waals surface area contributed by atoms with Gasteiger partial charge in [-0.15, -0.1) is 0 Å². The Morgan fingerprint density at radius 1 is 1.04 bits per heavy atom. The van der Waals surface area contributed by atoms with Gasteiger partial charge in [0.05, 0.1) is 17.8 Å². The first-order valence-corrected chi connectivity index (χ1v) is 8.62. The SMILES string of the molecule is CC(=O)Nc1ccccc1-c1nc(CNC(=O)c2ccc(C)cc2)c(C)o1. The third kappa shape index (κ3) is 4.41. The van der Waals surface area contributed by atoms with Crippen molar-refractivity contribution in [3.8, 4) is 11.5 Å². The molecule has 6 heteroatoms. The molecule has 0 spiro atoms. The second-order valence-electron chi connectivity index (χ2n) is 6.30. The molecule has 0 radical (unpaired) electrons. The summed E-state index contributed by atoms with van der Waals surface area (Å²) in [5.74, 6) is 0.678. The molecule has 0 bridgehead atoms. The Morgan fingerprint density at radius 2 is 1.74 bits per heavy atom. The third-order valence-corrected chi connectivity index (χ3v) is 4.09. The number of hydrogen-bond donors (Lipinski definition) is 2. The van der Waals surface area contributed by atoms with E-state index in [4.69, 9.17) is 4.42 Å². The van der Waals surface area contributed by atoms with Crippen LogP contribution >= 0.6 is 0 Å². The second-order valence-corrected chi connectivity index (χ2v) is 6.30. The van der Waals surface area contributed by atoms with E-state index < -0.39 is 0 Å². The third-order valence-electron chi connectivity index (χ3n) is 4.09. The number of amides is 2. The van der Waals surface area contributed by atoms with Crippen molar-refractivity contribution < 1.29 is 14.0 Å². The summed E-state index contributed by atoms with van der Waals surface area (Å²) in [5, 5.41) is 5.62. The number of benzene rings is 2. The summed E-state index contributed by atoms with van der Waals surface area (Å²) in [6, 6.07) is 14.7. The fourth-order valence-corrected chi connectivity index (χ4v) is 2.65. The molecule has 3 aromatic rings. The molecule has 1 aromatic heterocycles. The zero-order valence-corrected chi connectivity index (χ0v) is 15.5. The number of nitrogens with one attached hydrogen (secondary N) is 2. The Morgan fingerprint density at radius 3 is 2.44 bits per heavy atom. The first-order valence-electron chi connectivity index (χ1n) is 8.62. The van der Waals surface area contributed by atoms with Gasteiger partial charge in [-0.25, -0.2) is 4.98 Å². The number of anilines is 1. The molecule has 6 nitrogen and oxygen atoms in total. The Kier molecular flexibility index (Phi) is 5.35. The molecule has 138 valence electrons. The maximum Gasteiger partial charge on any atom is 0.251 e. The Hall–Kier alpha value is -3.41. The van der Waals surface area contributed by atoms with Crippen LogP contribution in [0.15, 0.2) is 52.9 Å². The van der Waals surface area contributed by atoms with Crippen molar-refractivity contribution in [2.75, 3.05) is 5.32 Å². The van der Waals surface area contributed by atoms with Gasteiger partial charge in [0, 0.05) is 12.5 Å². The smallest absolute Gasteiger partial charge is 0.251 e. The molecule has 0 aliphatic carbocycles. The average Bonchev–Trinajstić information content (AvgIpc) is 3.01. The van der Waals surface area contributed by atoms with Crippen LogP contribution in [0.3, 0.4) is 0 Å². The van der Waals surface area contributed by atoms with E-state index in [2.05, 4.69) is 15.6 Å². The molecule has 2 N–H and O–H groups in total. The number of aryl methyl sites for hydroxylation is 2. The lowest BCUT2D eigenvalue weighted by Gasteiger charge is -2.06. The van der Waals surface area contributed by atoms with Gasteiger partial charge in [-0.05, 0) is 38.1 Å². The lowest BCUT2D eigenvalue weighted by Crippen LogP contribution is -2.23. The Labute approximate surface area is 157 Å². The first kappa shape index (κ1) is 18.4. The maximum absolute atomic E-state index is 12.3. The van der Waals surface area contributed by atoms with E-state index in [1.54, 1.807) is 25.1 Å². The highest BCUT2D eigenvalue weighted by Crippen LogP contribution is 2.28. The molecule has 0 saturated heterocycles. The predicted molar refractivity (Wildman–Crippen MR) is 103 cm³/mol. The van der Waals surface area contributed by atoms with Crippen molar-refractivity contribution in [1.29, 1.82) is 0 Å². The normalized spacial score (nSPS) is 10.5. The summed E-state index contributed by atoms with van der Waals surface area (Å²) < 4.78 is 5.76. The van der Waals surface area contributed by atoms with E-state index in [1.807, 2.05) is 37.3 Å². The topological polar surface area (TPSA) is 84.2 Å². The van der Waals surface area contributed by atoms with Gasteiger partial charge in [0.15, 0.2) is 0 Å². The van der Waals surface area contributed by atoms with Crippen LogP contribution in [-0.4, -0.2) is 16.8 Å². The molecule has 0 atom stereocenters. The molecular formula is C21H21N3O3. The Balaban J connectivity index is 1.76. The minimum Gasteiger partial charge on any atom is -0.441 e. The molecule has 0 aliphatic heterocycles. The van der Waals surface area contributed by atoms with Crippen LogP contribution in [0, 0.1) is 13.8 Å². The molecule has 3 rings (SSSR count). The fourth-order valence-electron chi connectivity index (χ4n) is 2.65. The van der Waals surface area contributed by atoms with Gasteiger partial charge < -0.3 is 15.1 Å². The predicted octanol–water partition coefficient (Wildman–Crippen LogP) is 3.85. The number of carbonyl (C=O) groups excluding carboxylic acids is 2. The van der Waals surface area contributed by atoms with Crippen LogP contribution in [0.2, 0.25) is 0 Å². The summed E-state index contributed by atoms with van der Waals surface area (Å²) in [6.07, 6.45) is 0. The van der Waals surface area contributed by atoms with Crippen molar-refractivity contribution >= 4 is 17.5 Å². The Bertz CT molecular complexity index is 975. The van der Waals surface area contributed by atoms with Gasteiger partial charge >= 0.3 is 0 Å². The number of carbonyl (C=O) groups is 2. The number of hydrogen-bond acceptors (Lipinski definition) is 4. The van der Waals surface area contributed by atoms with Crippen molar-refractivity contribution in [2.45, 2.75) is 27.3 Å². The number of oxazole rings is 1. The standard InChI is InChI=1S/C21H21N3O3/c1-13-8-10-16(11-9-13)20(26)22-12-19-14(2)27-21(24-19)17-6-4-5-7-18(17)23-15(3)25/h4-11H,12H2,1-3H3,(H,22,26)(H,23,25). The highest BCUT2D eigenvalue weighted by Gasteiger charge is 2.16. The molecule has 2 aromatic carbocycles. The summed E-state index contributed by atoms with van der Waals surface area (Å²) in [7, 11) is 0. The summed E-state index contributed by atoms with van der Waals surface area (Å²) in [6.45, 7) is 5.47. The molecule has 0 unspecified atom stereocenters. The first-order chi connectivity index (χ1) is 12.9. The van der Waals surface area contributed by atoms with Crippen LogP contribution in [-0.2, 0) is 11.3 Å². The minimum absolute atomic E-state index is 0.169. The molecule has 2 amide bonds. The fraction of sp³-hybridized carbons (Fsp3) is 0.190. The number of para-hydroxylation sites is 1. The quantitative estimate of drug-likeness (QED) is 0.721. The van der Waals surface area contributed by atoms with E-state index in [9.17, 15) is 9.59 Å². The van der Waals surface area contributed by atoms with Crippen molar-refractivity contribution in [3.63, 3.8) is 0 Å². The van der Waals surface area contributed by atoms with E-state index in [1.165, 1.54) is 6.92 Å². The highest BCUT2D eigenvalue weighted by atomic mass is 16.4. The number of rotatable bonds is 5. The second kappa shape index (κ2) is 7.86. The maximum atomic E-state index is 12.3. The summed E-state index contributed by atoms with van der Waals surface area (Å²) >= 11 is 0. The largest absolute Gasteiger partial charge is 0.441 e. The molecule has 27 heavy (non-hydrogen) atoms. The van der Waals surface area contributed by atoms with Crippen LogP contribution in [0.5, 0.6) is 0 Å². The van der Waals surface area contributed by atoms with Gasteiger partial charge in [0.25, 0.3) is 5.91 Å². The monoisotopic (exact) mass is 363 g/mol. The van der Waals surface area contributed by atoms with Gasteiger partial charge in [-0.3, -0.25) is 9.59 Å². The average molecular weight is 363 g/mol. The van der Waals surface area contributed by atoms with Gasteiger partial charge in [-0.1, -0.05) is 29.8 Å². The van der Waals surface area contributed by atoms with E-state index in [0.29, 0.717) is 34.2 Å². The summed E-state index contributed by atoms with van der Waals surface area (Å²) in [4.78, 5) is 28.2. The molecule has 0 saturated carbocycles. The van der Waals surface area contributed by atoms with Gasteiger partial charge in [0.1, 0.15) is 11.5 Å². The lowest BCUT2D eigenvalue weighted by atomic mass is 10.1. The number of aromatic nitrogens is 1. The van der Waals surface area contributed by atoms with Crippen LogP contribution in [0.4, 0.5) is 5.69 Å². The van der Waals surface area contributed by atoms with Gasteiger partial charge in [-0.2, -0.15) is 0 Å². The van der Waals surface area contributed by atoms with Crippen LogP contribution < -0.4 is 10.6 Å². The zero-order valence-electron chi connectivity index (χ0n) is 15.5. The van der Waals surface area contributed by atoms with Crippen molar-refractivity contribution in [2.24, 2.45) is 0 Å². The van der Waals surface area contributed by atoms with Crippen molar-refractivity contribution in [1.82, 2.24) is 10.3 Å². The van der Waals surface area contributed by atoms with E-state index in [-0.39, 0.29) is 18.4 Å². The molecule has 0 aliphatic rings. The van der Waals surface area contributed by atoms with Gasteiger partial charge in [0.2, 0.25) is 11.8 Å². The lowest BCUT2D eigenvalue weighted by molar-refractivity contribution is -0.114. The molecular weight excluding hydrogens is 342 g/mol. The van der Waals surface area contributed by atoms with E-state index in [0.717, 1.165) is 5.56 Å². The van der Waals surface area contributed by atoms with Crippen LogP contribution in [0.1, 0.15) is 34.3 Å². The number of nitrogens with zero attached hydrogens (tertiary/aromatic N) is 1. The summed E-state index contributed by atoms with van der Waals surface area (Å²) in [5.41, 5.74) is 3.65. The van der Waals surface area contributed by atoms with Crippen LogP contribution in [0.25, 0.3) is 11.5 Å².